The fraction of sp³-hybridized carbons (Fsp3) is 0.375. The van der Waals surface area contributed by atoms with Crippen LogP contribution < -0.4 is 5.32 Å². The van der Waals surface area contributed by atoms with Gasteiger partial charge in [0.25, 0.3) is 5.91 Å². The minimum absolute atomic E-state index is 0.0169. The van der Waals surface area contributed by atoms with Crippen molar-refractivity contribution < 1.29 is 14.7 Å². The molecular formula is C16H20N2O3. The van der Waals surface area contributed by atoms with Crippen molar-refractivity contribution in [1.82, 2.24) is 10.2 Å². The average molecular weight is 288 g/mol. The summed E-state index contributed by atoms with van der Waals surface area (Å²) < 4.78 is 0. The molecule has 0 aromatic heterocycles. The van der Waals surface area contributed by atoms with Crippen LogP contribution in [-0.4, -0.2) is 48.1 Å². The molecule has 0 saturated carbocycles. The molecule has 1 aromatic rings. The number of carbonyl (C=O) groups is 2. The number of nitrogens with zero attached hydrogens (tertiary/aromatic N) is 1. The van der Waals surface area contributed by atoms with Gasteiger partial charge in [-0.25, -0.2) is 0 Å². The zero-order chi connectivity index (χ0) is 15.8. The lowest BCUT2D eigenvalue weighted by molar-refractivity contribution is -0.122. The largest absolute Gasteiger partial charge is 0.384 e. The summed E-state index contributed by atoms with van der Waals surface area (Å²) >= 11 is 0. The molecule has 0 aliphatic heterocycles. The molecule has 0 radical (unpaired) electrons. The Morgan fingerprint density at radius 2 is 1.90 bits per heavy atom. The summed E-state index contributed by atoms with van der Waals surface area (Å²) in [5, 5.41) is 11.4. The van der Waals surface area contributed by atoms with Gasteiger partial charge in [-0.1, -0.05) is 11.8 Å². The van der Waals surface area contributed by atoms with E-state index in [2.05, 4.69) is 17.2 Å². The summed E-state index contributed by atoms with van der Waals surface area (Å²) in [6, 6.07) is 6.77. The first-order valence-corrected chi connectivity index (χ1v) is 6.68. The molecule has 0 saturated heterocycles. The van der Waals surface area contributed by atoms with E-state index in [1.54, 1.807) is 31.3 Å². The number of likely N-dealkylation sites (N-methyl/N-ethyl adjacent to an activating group) is 1. The molecule has 21 heavy (non-hydrogen) atoms. The van der Waals surface area contributed by atoms with Crippen LogP contribution in [0.3, 0.4) is 0 Å². The molecule has 2 N–H and O–H groups in total. The van der Waals surface area contributed by atoms with Crippen molar-refractivity contribution in [2.24, 2.45) is 0 Å². The van der Waals surface area contributed by atoms with Crippen LogP contribution in [0, 0.1) is 11.8 Å². The van der Waals surface area contributed by atoms with Gasteiger partial charge >= 0.3 is 0 Å². The fourth-order valence-corrected chi connectivity index (χ4v) is 1.71. The van der Waals surface area contributed by atoms with Crippen molar-refractivity contribution in [3.05, 3.63) is 35.4 Å². The lowest BCUT2D eigenvalue weighted by Crippen LogP contribution is -2.40. The molecule has 0 fully saturated rings. The van der Waals surface area contributed by atoms with E-state index in [0.717, 1.165) is 5.56 Å². The molecule has 0 atom stereocenters. The number of aliphatic hydroxyl groups excluding tert-OH is 1. The van der Waals surface area contributed by atoms with Crippen LogP contribution >= 0.6 is 0 Å². The average Bonchev–Trinajstić information content (AvgIpc) is 2.43. The van der Waals surface area contributed by atoms with E-state index in [0.29, 0.717) is 5.56 Å². The summed E-state index contributed by atoms with van der Waals surface area (Å²) in [7, 11) is 1.59. The van der Waals surface area contributed by atoms with Crippen molar-refractivity contribution in [3.63, 3.8) is 0 Å². The number of carbonyl (C=O) groups excluding carboxylic acids is 2. The maximum atomic E-state index is 12.2. The number of nitrogens with one attached hydrogen (secondary N) is 1. The third-order valence-corrected chi connectivity index (χ3v) is 2.62. The topological polar surface area (TPSA) is 69.6 Å². The van der Waals surface area contributed by atoms with Crippen LogP contribution in [0.1, 0.15) is 29.8 Å². The van der Waals surface area contributed by atoms with Gasteiger partial charge in [0.2, 0.25) is 5.91 Å². The predicted molar refractivity (Wildman–Crippen MR) is 80.6 cm³/mol. The van der Waals surface area contributed by atoms with Gasteiger partial charge in [-0.3, -0.25) is 9.59 Å². The van der Waals surface area contributed by atoms with E-state index >= 15 is 0 Å². The van der Waals surface area contributed by atoms with E-state index in [4.69, 9.17) is 5.11 Å². The second kappa shape index (κ2) is 8.08. The van der Waals surface area contributed by atoms with Gasteiger partial charge in [0.05, 0.1) is 6.54 Å². The first-order valence-electron chi connectivity index (χ1n) is 6.68. The number of hydrogen-bond acceptors (Lipinski definition) is 3. The maximum absolute atomic E-state index is 12.2. The van der Waals surface area contributed by atoms with Gasteiger partial charge < -0.3 is 15.3 Å². The molecule has 0 bridgehead atoms. The van der Waals surface area contributed by atoms with Crippen LogP contribution in [0.4, 0.5) is 0 Å². The molecule has 0 aliphatic carbocycles. The number of aliphatic hydroxyl groups is 1. The highest BCUT2D eigenvalue weighted by Gasteiger charge is 2.15. The monoisotopic (exact) mass is 288 g/mol. The minimum atomic E-state index is -0.226. The number of hydrogen-bond donors (Lipinski definition) is 2. The first-order chi connectivity index (χ1) is 9.93. The third-order valence-electron chi connectivity index (χ3n) is 2.62. The van der Waals surface area contributed by atoms with E-state index in [1.807, 2.05) is 13.8 Å². The Balaban J connectivity index is 2.67. The minimum Gasteiger partial charge on any atom is -0.384 e. The fourth-order valence-electron chi connectivity index (χ4n) is 1.71. The van der Waals surface area contributed by atoms with E-state index < -0.39 is 0 Å². The molecule has 5 nitrogen and oxygen atoms in total. The molecule has 0 heterocycles. The Labute approximate surface area is 125 Å². The van der Waals surface area contributed by atoms with Crippen molar-refractivity contribution in [1.29, 1.82) is 0 Å². The van der Waals surface area contributed by atoms with Gasteiger partial charge in [-0.2, -0.15) is 0 Å². The highest BCUT2D eigenvalue weighted by Crippen LogP contribution is 2.06. The van der Waals surface area contributed by atoms with E-state index in [9.17, 15) is 9.59 Å². The molecule has 1 rings (SSSR count). The zero-order valence-electron chi connectivity index (χ0n) is 12.5. The highest BCUT2D eigenvalue weighted by molar-refractivity contribution is 5.96. The van der Waals surface area contributed by atoms with Crippen LogP contribution in [-0.2, 0) is 4.79 Å². The molecular weight excluding hydrogens is 268 g/mol. The third kappa shape index (κ3) is 5.67. The molecule has 0 unspecified atom stereocenters. The van der Waals surface area contributed by atoms with Crippen molar-refractivity contribution >= 4 is 11.8 Å². The summed E-state index contributed by atoms with van der Waals surface area (Å²) in [4.78, 5) is 25.2. The zero-order valence-corrected chi connectivity index (χ0v) is 12.5. The second-order valence-electron chi connectivity index (χ2n) is 4.92. The van der Waals surface area contributed by atoms with Gasteiger partial charge in [0.15, 0.2) is 0 Å². The molecule has 0 aliphatic rings. The van der Waals surface area contributed by atoms with Crippen molar-refractivity contribution in [2.45, 2.75) is 19.9 Å². The highest BCUT2D eigenvalue weighted by atomic mass is 16.2. The van der Waals surface area contributed by atoms with E-state index in [1.165, 1.54) is 4.90 Å². The summed E-state index contributed by atoms with van der Waals surface area (Å²) in [5.41, 5.74) is 1.21. The van der Waals surface area contributed by atoms with Gasteiger partial charge in [-0.15, -0.1) is 0 Å². The Hall–Kier alpha value is -2.32. The molecule has 2 amide bonds. The van der Waals surface area contributed by atoms with Crippen LogP contribution in [0.15, 0.2) is 24.3 Å². The Kier molecular flexibility index (Phi) is 6.44. The van der Waals surface area contributed by atoms with Crippen molar-refractivity contribution in [2.75, 3.05) is 20.2 Å². The van der Waals surface area contributed by atoms with Gasteiger partial charge in [-0.05, 0) is 38.1 Å². The summed E-state index contributed by atoms with van der Waals surface area (Å²) in [6.45, 7) is 3.55. The number of benzene rings is 1. The lowest BCUT2D eigenvalue weighted by Gasteiger charge is -2.18. The number of rotatable bonds is 4. The smallest absolute Gasteiger partial charge is 0.254 e. The van der Waals surface area contributed by atoms with Crippen molar-refractivity contribution in [3.8, 4) is 11.8 Å². The first kappa shape index (κ1) is 16.7. The summed E-state index contributed by atoms with van der Waals surface area (Å²) in [5.74, 6) is 4.88. The Morgan fingerprint density at radius 3 is 2.43 bits per heavy atom. The van der Waals surface area contributed by atoms with Crippen LogP contribution in [0.5, 0.6) is 0 Å². The molecule has 5 heteroatoms. The standard InChI is InChI=1S/C16H20N2O3/c1-12(2)17-15(20)11-18(3)16(21)14-8-6-13(7-9-14)5-4-10-19/h6-9,12,19H,10-11H2,1-3H3,(H,17,20). The van der Waals surface area contributed by atoms with E-state index in [-0.39, 0.29) is 31.0 Å². The van der Waals surface area contributed by atoms with Gasteiger partial charge in [0.1, 0.15) is 6.61 Å². The number of amides is 2. The van der Waals surface area contributed by atoms with Crippen LogP contribution in [0.25, 0.3) is 0 Å². The molecule has 112 valence electrons. The Bertz CT molecular complexity index is 553. The molecule has 1 aromatic carbocycles. The van der Waals surface area contributed by atoms with Crippen LogP contribution in [0.2, 0.25) is 0 Å². The maximum Gasteiger partial charge on any atom is 0.254 e. The summed E-state index contributed by atoms with van der Waals surface area (Å²) in [6.07, 6.45) is 0. The molecule has 0 spiro atoms. The second-order valence-corrected chi connectivity index (χ2v) is 4.92. The quantitative estimate of drug-likeness (QED) is 0.798. The predicted octanol–water partition coefficient (Wildman–Crippen LogP) is 0.627. The Morgan fingerprint density at radius 1 is 1.29 bits per heavy atom. The normalized spacial score (nSPS) is 9.76. The lowest BCUT2D eigenvalue weighted by atomic mass is 10.1. The SMILES string of the molecule is CC(C)NC(=O)CN(C)C(=O)c1ccc(C#CCO)cc1. The van der Waals surface area contributed by atoms with Gasteiger partial charge in [0, 0.05) is 24.2 Å².